The van der Waals surface area contributed by atoms with Gasteiger partial charge in [0.15, 0.2) is 0 Å². The third kappa shape index (κ3) is 2.56. The number of aliphatic hydroxyl groups is 1. The molecule has 0 aromatic carbocycles. The van der Waals surface area contributed by atoms with Crippen molar-refractivity contribution in [1.29, 1.82) is 0 Å². The normalized spacial score (nSPS) is 35.9. The van der Waals surface area contributed by atoms with Gasteiger partial charge in [-0.1, -0.05) is 32.1 Å². The van der Waals surface area contributed by atoms with Gasteiger partial charge in [-0.15, -0.1) is 0 Å². The molecule has 1 aliphatic carbocycles. The maximum Gasteiger partial charge on any atom is 0.334 e. The van der Waals surface area contributed by atoms with E-state index in [0.717, 1.165) is 17.6 Å². The second kappa shape index (κ2) is 4.73. The molecule has 3 nitrogen and oxygen atoms in total. The van der Waals surface area contributed by atoms with Crippen LogP contribution in [0.25, 0.3) is 0 Å². The van der Waals surface area contributed by atoms with Crippen molar-refractivity contribution in [2.45, 2.75) is 45.8 Å². The first-order valence-electron chi connectivity index (χ1n) is 6.36. The van der Waals surface area contributed by atoms with E-state index in [4.69, 9.17) is 4.74 Å². The van der Waals surface area contributed by atoms with Gasteiger partial charge in [-0.3, -0.25) is 0 Å². The third-order valence-electron chi connectivity index (χ3n) is 3.64. The molecule has 0 spiro atoms. The Kier molecular flexibility index (Phi) is 3.44. The van der Waals surface area contributed by atoms with E-state index >= 15 is 0 Å². The largest absolute Gasteiger partial charge is 0.454 e. The molecule has 0 saturated carbocycles. The zero-order chi connectivity index (χ0) is 13.3. The topological polar surface area (TPSA) is 46.5 Å². The van der Waals surface area contributed by atoms with Crippen LogP contribution in [0, 0.1) is 5.41 Å². The van der Waals surface area contributed by atoms with Crippen LogP contribution in [0.1, 0.15) is 33.6 Å². The monoisotopic (exact) mass is 248 g/mol. The maximum absolute atomic E-state index is 11.7. The zero-order valence-electron chi connectivity index (χ0n) is 11.1. The standard InChI is InChI=1S/C15H20O3/c1-10-5-4-6-11-9-13(18-14(11)17)15(2,3)8-7-12(10)16/h5,7-9,12-13,16H,4,6H2,1-3H3/b8-7+,10-5+. The molecule has 1 N–H and O–H groups in total. The number of rotatable bonds is 0. The molecule has 2 rings (SSSR count). The number of carbonyl (C=O) groups is 1. The Morgan fingerprint density at radius 3 is 2.89 bits per heavy atom. The van der Waals surface area contributed by atoms with E-state index in [1.165, 1.54) is 0 Å². The molecule has 0 aromatic heterocycles. The van der Waals surface area contributed by atoms with Crippen LogP contribution < -0.4 is 0 Å². The molecule has 0 fully saturated rings. The first kappa shape index (κ1) is 13.1. The summed E-state index contributed by atoms with van der Waals surface area (Å²) in [7, 11) is 0. The first-order valence-corrected chi connectivity index (χ1v) is 6.36. The summed E-state index contributed by atoms with van der Waals surface area (Å²) in [4.78, 5) is 11.7. The molecule has 2 atom stereocenters. The summed E-state index contributed by atoms with van der Waals surface area (Å²) in [6.07, 6.45) is 8.25. The Labute approximate surface area is 108 Å². The van der Waals surface area contributed by atoms with Gasteiger partial charge in [0.1, 0.15) is 6.10 Å². The average Bonchev–Trinajstić information content (AvgIpc) is 2.67. The highest BCUT2D eigenvalue weighted by Gasteiger charge is 2.35. The van der Waals surface area contributed by atoms with Gasteiger partial charge in [-0.2, -0.15) is 0 Å². The van der Waals surface area contributed by atoms with Gasteiger partial charge >= 0.3 is 5.97 Å². The van der Waals surface area contributed by atoms with Crippen LogP contribution in [0.15, 0.2) is 35.5 Å². The minimum atomic E-state index is -0.554. The number of fused-ring (bicyclic) bond motifs is 1. The minimum Gasteiger partial charge on any atom is -0.454 e. The van der Waals surface area contributed by atoms with Crippen LogP contribution in [0.2, 0.25) is 0 Å². The van der Waals surface area contributed by atoms with Crippen molar-refractivity contribution >= 4 is 5.97 Å². The third-order valence-corrected chi connectivity index (χ3v) is 3.64. The van der Waals surface area contributed by atoms with Crippen molar-refractivity contribution in [3.63, 3.8) is 0 Å². The van der Waals surface area contributed by atoms with E-state index in [0.29, 0.717) is 6.42 Å². The minimum absolute atomic E-state index is 0.200. The summed E-state index contributed by atoms with van der Waals surface area (Å²) >= 11 is 0. The molecule has 0 aromatic rings. The molecular formula is C15H20O3. The van der Waals surface area contributed by atoms with Crippen LogP contribution in [0.4, 0.5) is 0 Å². The first-order chi connectivity index (χ1) is 8.40. The summed E-state index contributed by atoms with van der Waals surface area (Å²) in [6, 6.07) is 0. The Morgan fingerprint density at radius 1 is 1.44 bits per heavy atom. The lowest BCUT2D eigenvalue weighted by Crippen LogP contribution is -2.27. The number of hydrogen-bond donors (Lipinski definition) is 1. The fourth-order valence-corrected chi connectivity index (χ4v) is 2.19. The van der Waals surface area contributed by atoms with Crippen LogP contribution in [0.5, 0.6) is 0 Å². The Bertz CT molecular complexity index is 441. The Hall–Kier alpha value is -1.35. The van der Waals surface area contributed by atoms with E-state index in [-0.39, 0.29) is 17.5 Å². The second-order valence-electron chi connectivity index (χ2n) is 5.63. The number of aliphatic hydroxyl groups excluding tert-OH is 1. The Balaban J connectivity index is 2.34. The summed E-state index contributed by atoms with van der Waals surface area (Å²) in [5.41, 5.74) is 1.37. The quantitative estimate of drug-likeness (QED) is 0.529. The van der Waals surface area contributed by atoms with Crippen LogP contribution >= 0.6 is 0 Å². The number of ether oxygens (including phenoxy) is 1. The summed E-state index contributed by atoms with van der Waals surface area (Å²) in [5.74, 6) is -0.200. The number of esters is 1. The highest BCUT2D eigenvalue weighted by molar-refractivity contribution is 5.91. The van der Waals surface area contributed by atoms with Crippen molar-refractivity contribution < 1.29 is 14.6 Å². The van der Waals surface area contributed by atoms with Gasteiger partial charge in [0.25, 0.3) is 0 Å². The van der Waals surface area contributed by atoms with E-state index < -0.39 is 6.10 Å². The Morgan fingerprint density at radius 2 is 2.17 bits per heavy atom. The molecule has 18 heavy (non-hydrogen) atoms. The predicted molar refractivity (Wildman–Crippen MR) is 69.9 cm³/mol. The molecule has 1 heterocycles. The lowest BCUT2D eigenvalue weighted by atomic mass is 9.85. The molecule has 2 unspecified atom stereocenters. The summed E-state index contributed by atoms with van der Waals surface area (Å²) < 4.78 is 5.39. The summed E-state index contributed by atoms with van der Waals surface area (Å²) in [6.45, 7) is 5.92. The summed E-state index contributed by atoms with van der Waals surface area (Å²) in [5, 5.41) is 9.97. The highest BCUT2D eigenvalue weighted by atomic mass is 16.5. The van der Waals surface area contributed by atoms with E-state index in [1.807, 2.05) is 39.0 Å². The maximum atomic E-state index is 11.7. The zero-order valence-corrected chi connectivity index (χ0v) is 11.1. The molecule has 1 aliphatic heterocycles. The number of allylic oxidation sites excluding steroid dienone is 1. The average molecular weight is 248 g/mol. The second-order valence-corrected chi connectivity index (χ2v) is 5.63. The van der Waals surface area contributed by atoms with Crippen molar-refractivity contribution in [1.82, 2.24) is 0 Å². The SMILES string of the molecule is C/C1=C\CCC2=CC(OC2=O)C(C)(C)/C=C/C1O. The van der Waals surface area contributed by atoms with Crippen LogP contribution in [-0.2, 0) is 9.53 Å². The number of hydrogen-bond acceptors (Lipinski definition) is 3. The van der Waals surface area contributed by atoms with Gasteiger partial charge in [-0.25, -0.2) is 4.79 Å². The van der Waals surface area contributed by atoms with Gasteiger partial charge in [-0.05, 0) is 31.4 Å². The van der Waals surface area contributed by atoms with Gasteiger partial charge < -0.3 is 9.84 Å². The van der Waals surface area contributed by atoms with E-state index in [1.54, 1.807) is 6.08 Å². The van der Waals surface area contributed by atoms with E-state index in [9.17, 15) is 9.90 Å². The lowest BCUT2D eigenvalue weighted by molar-refractivity contribution is -0.142. The number of carbonyl (C=O) groups excluding carboxylic acids is 1. The molecule has 0 radical (unpaired) electrons. The van der Waals surface area contributed by atoms with Gasteiger partial charge in [0.05, 0.1) is 6.10 Å². The van der Waals surface area contributed by atoms with Crippen molar-refractivity contribution in [2.75, 3.05) is 0 Å². The highest BCUT2D eigenvalue weighted by Crippen LogP contribution is 2.33. The fourth-order valence-electron chi connectivity index (χ4n) is 2.19. The smallest absolute Gasteiger partial charge is 0.334 e. The van der Waals surface area contributed by atoms with Gasteiger partial charge in [0, 0.05) is 11.0 Å². The molecule has 2 aliphatic rings. The molecule has 0 saturated heterocycles. The molecule has 0 amide bonds. The van der Waals surface area contributed by atoms with Gasteiger partial charge in [0.2, 0.25) is 0 Å². The van der Waals surface area contributed by atoms with Crippen LogP contribution in [-0.4, -0.2) is 23.3 Å². The van der Waals surface area contributed by atoms with Crippen molar-refractivity contribution in [2.24, 2.45) is 5.41 Å². The van der Waals surface area contributed by atoms with Crippen molar-refractivity contribution in [3.05, 3.63) is 35.5 Å². The lowest BCUT2D eigenvalue weighted by Gasteiger charge is -2.26. The molecular weight excluding hydrogens is 228 g/mol. The molecule has 98 valence electrons. The fraction of sp³-hybridized carbons (Fsp3) is 0.533. The molecule has 2 bridgehead atoms. The van der Waals surface area contributed by atoms with Crippen molar-refractivity contribution in [3.8, 4) is 0 Å². The van der Waals surface area contributed by atoms with E-state index in [2.05, 4.69) is 0 Å². The predicted octanol–water partition coefficient (Wildman–Crippen LogP) is 2.52. The van der Waals surface area contributed by atoms with Crippen LogP contribution in [0.3, 0.4) is 0 Å². The molecule has 3 heteroatoms.